The number of hydrogen-bond acceptors (Lipinski definition) is 3. The molecular weight excluding hydrogens is 213 g/mol. The third-order valence-electron chi connectivity index (χ3n) is 2.20. The molecule has 0 bridgehead atoms. The van der Waals surface area contributed by atoms with Gasteiger partial charge in [0, 0.05) is 25.3 Å². The summed E-state index contributed by atoms with van der Waals surface area (Å²) < 4.78 is 13.0. The number of aliphatic hydroxyl groups excluding tert-OH is 1. The minimum atomic E-state index is -1.20. The van der Waals surface area contributed by atoms with E-state index in [1.54, 1.807) is 19.0 Å². The quantitative estimate of drug-likeness (QED) is 0.816. The van der Waals surface area contributed by atoms with E-state index < -0.39 is 24.3 Å². The molecule has 0 saturated carbocycles. The van der Waals surface area contributed by atoms with Crippen molar-refractivity contribution >= 4 is 11.7 Å². The molecule has 1 aromatic carbocycles. The zero-order chi connectivity index (χ0) is 12.3. The van der Waals surface area contributed by atoms with Crippen molar-refractivity contribution in [1.29, 1.82) is 0 Å². The number of benzene rings is 1. The third-order valence-corrected chi connectivity index (χ3v) is 2.20. The first kappa shape index (κ1) is 12.4. The molecule has 0 saturated heterocycles. The topological polar surface area (TPSA) is 60.8 Å². The van der Waals surface area contributed by atoms with Crippen molar-refractivity contribution in [3.05, 3.63) is 29.6 Å². The fourth-order valence-electron chi connectivity index (χ4n) is 1.47. The molecule has 0 aliphatic rings. The van der Waals surface area contributed by atoms with Crippen LogP contribution < -0.4 is 4.90 Å². The fraction of sp³-hybridized carbons (Fsp3) is 0.364. The van der Waals surface area contributed by atoms with E-state index >= 15 is 0 Å². The number of carbonyl (C=O) groups is 1. The number of rotatable bonds is 4. The highest BCUT2D eigenvalue weighted by Gasteiger charge is 2.17. The molecule has 0 radical (unpaired) electrons. The zero-order valence-electron chi connectivity index (χ0n) is 9.14. The van der Waals surface area contributed by atoms with Crippen LogP contribution in [-0.2, 0) is 4.79 Å². The molecule has 4 nitrogen and oxygen atoms in total. The van der Waals surface area contributed by atoms with Gasteiger partial charge in [0.05, 0.1) is 12.5 Å². The molecule has 0 aliphatic heterocycles. The predicted octanol–water partition coefficient (Wildman–Crippen LogP) is 1.40. The average Bonchev–Trinajstić information content (AvgIpc) is 2.15. The number of nitrogens with zero attached hydrogens (tertiary/aromatic N) is 1. The van der Waals surface area contributed by atoms with Gasteiger partial charge >= 0.3 is 5.97 Å². The number of aliphatic hydroxyl groups is 1. The molecule has 88 valence electrons. The molecule has 0 fully saturated rings. The first-order chi connectivity index (χ1) is 7.41. The average molecular weight is 227 g/mol. The number of hydrogen-bond donors (Lipinski definition) is 2. The number of carboxylic acids is 1. The maximum atomic E-state index is 13.0. The van der Waals surface area contributed by atoms with E-state index in [1.165, 1.54) is 12.1 Å². The minimum absolute atomic E-state index is 0.285. The van der Waals surface area contributed by atoms with Crippen LogP contribution in [0.15, 0.2) is 18.2 Å². The Bertz CT molecular complexity index is 393. The van der Waals surface area contributed by atoms with Crippen LogP contribution >= 0.6 is 0 Å². The van der Waals surface area contributed by atoms with Gasteiger partial charge in [-0.05, 0) is 18.2 Å². The first-order valence-corrected chi connectivity index (χ1v) is 4.78. The molecule has 1 unspecified atom stereocenters. The van der Waals surface area contributed by atoms with Gasteiger partial charge in [-0.15, -0.1) is 0 Å². The lowest BCUT2D eigenvalue weighted by atomic mass is 10.0. The Labute approximate surface area is 92.9 Å². The molecule has 0 spiro atoms. The molecule has 0 amide bonds. The highest BCUT2D eigenvalue weighted by Crippen LogP contribution is 2.27. The number of carboxylic acid groups (broad SMARTS) is 1. The summed E-state index contributed by atoms with van der Waals surface area (Å²) in [5, 5.41) is 18.2. The summed E-state index contributed by atoms with van der Waals surface area (Å²) in [5.41, 5.74) is 0.891. The smallest absolute Gasteiger partial charge is 0.306 e. The van der Waals surface area contributed by atoms with Crippen molar-refractivity contribution in [3.8, 4) is 0 Å². The van der Waals surface area contributed by atoms with Crippen LogP contribution in [0, 0.1) is 5.82 Å². The summed E-state index contributed by atoms with van der Waals surface area (Å²) in [4.78, 5) is 12.2. The Balaban J connectivity index is 3.08. The molecule has 0 aromatic heterocycles. The molecule has 1 aromatic rings. The summed E-state index contributed by atoms with van der Waals surface area (Å²) in [6, 6.07) is 3.94. The van der Waals surface area contributed by atoms with Gasteiger partial charge in [-0.25, -0.2) is 4.39 Å². The molecule has 0 aliphatic carbocycles. The van der Waals surface area contributed by atoms with Crippen molar-refractivity contribution in [1.82, 2.24) is 0 Å². The third kappa shape index (κ3) is 2.93. The van der Waals surface area contributed by atoms with Crippen LogP contribution in [0.5, 0.6) is 0 Å². The van der Waals surface area contributed by atoms with Crippen molar-refractivity contribution < 1.29 is 19.4 Å². The van der Waals surface area contributed by atoms with Crippen LogP contribution in [-0.4, -0.2) is 30.3 Å². The van der Waals surface area contributed by atoms with E-state index in [4.69, 9.17) is 5.11 Å². The van der Waals surface area contributed by atoms with Gasteiger partial charge in [-0.3, -0.25) is 4.79 Å². The summed E-state index contributed by atoms with van der Waals surface area (Å²) in [5.74, 6) is -1.62. The number of halogens is 1. The van der Waals surface area contributed by atoms with Crippen LogP contribution in [0.25, 0.3) is 0 Å². The van der Waals surface area contributed by atoms with E-state index in [9.17, 15) is 14.3 Å². The summed E-state index contributed by atoms with van der Waals surface area (Å²) in [6.07, 6.45) is -1.64. The molecular formula is C11H14FNO3. The van der Waals surface area contributed by atoms with E-state index in [0.717, 1.165) is 6.07 Å². The number of aliphatic carboxylic acids is 1. The second kappa shape index (κ2) is 4.94. The van der Waals surface area contributed by atoms with E-state index in [-0.39, 0.29) is 5.56 Å². The van der Waals surface area contributed by atoms with Crippen molar-refractivity contribution in [2.24, 2.45) is 0 Å². The summed E-state index contributed by atoms with van der Waals surface area (Å²) >= 11 is 0. The molecule has 2 N–H and O–H groups in total. The highest BCUT2D eigenvalue weighted by atomic mass is 19.1. The second-order valence-electron chi connectivity index (χ2n) is 3.71. The molecule has 1 rings (SSSR count). The SMILES string of the molecule is CN(C)c1ccc(F)cc1C(O)CC(=O)O. The summed E-state index contributed by atoms with van der Waals surface area (Å²) in [7, 11) is 3.48. The Morgan fingerprint density at radius 3 is 2.62 bits per heavy atom. The van der Waals surface area contributed by atoms with Crippen LogP contribution in [0.2, 0.25) is 0 Å². The molecule has 0 heterocycles. The predicted molar refractivity (Wildman–Crippen MR) is 57.9 cm³/mol. The summed E-state index contributed by atoms with van der Waals surface area (Å²) in [6.45, 7) is 0. The van der Waals surface area contributed by atoms with Crippen LogP contribution in [0.4, 0.5) is 10.1 Å². The lowest BCUT2D eigenvalue weighted by Gasteiger charge is -2.20. The fourth-order valence-corrected chi connectivity index (χ4v) is 1.47. The van der Waals surface area contributed by atoms with Gasteiger partial charge < -0.3 is 15.1 Å². The highest BCUT2D eigenvalue weighted by molar-refractivity contribution is 5.68. The van der Waals surface area contributed by atoms with Gasteiger partial charge in [-0.2, -0.15) is 0 Å². The van der Waals surface area contributed by atoms with Gasteiger partial charge in [-0.1, -0.05) is 0 Å². The lowest BCUT2D eigenvalue weighted by Crippen LogP contribution is -2.15. The van der Waals surface area contributed by atoms with E-state index in [2.05, 4.69) is 0 Å². The van der Waals surface area contributed by atoms with Gasteiger partial charge in [0.1, 0.15) is 5.82 Å². The standard InChI is InChI=1S/C11H14FNO3/c1-13(2)9-4-3-7(12)5-8(9)10(14)6-11(15)16/h3-5,10,14H,6H2,1-2H3,(H,15,16). The Morgan fingerprint density at radius 2 is 2.12 bits per heavy atom. The maximum absolute atomic E-state index is 13.0. The van der Waals surface area contributed by atoms with Crippen molar-refractivity contribution in [2.45, 2.75) is 12.5 Å². The molecule has 1 atom stereocenters. The molecule has 16 heavy (non-hydrogen) atoms. The Kier molecular flexibility index (Phi) is 3.84. The van der Waals surface area contributed by atoms with Gasteiger partial charge in [0.15, 0.2) is 0 Å². The number of anilines is 1. The normalized spacial score (nSPS) is 12.2. The van der Waals surface area contributed by atoms with E-state index in [0.29, 0.717) is 5.69 Å². The van der Waals surface area contributed by atoms with Crippen LogP contribution in [0.3, 0.4) is 0 Å². The Hall–Kier alpha value is -1.62. The first-order valence-electron chi connectivity index (χ1n) is 4.78. The lowest BCUT2D eigenvalue weighted by molar-refractivity contribution is -0.139. The van der Waals surface area contributed by atoms with Gasteiger partial charge in [0.2, 0.25) is 0 Å². The van der Waals surface area contributed by atoms with Crippen molar-refractivity contribution in [2.75, 3.05) is 19.0 Å². The Morgan fingerprint density at radius 1 is 1.50 bits per heavy atom. The maximum Gasteiger partial charge on any atom is 0.306 e. The largest absolute Gasteiger partial charge is 0.481 e. The zero-order valence-corrected chi connectivity index (χ0v) is 9.14. The van der Waals surface area contributed by atoms with Crippen molar-refractivity contribution in [3.63, 3.8) is 0 Å². The van der Waals surface area contributed by atoms with E-state index in [1.807, 2.05) is 0 Å². The van der Waals surface area contributed by atoms with Gasteiger partial charge in [0.25, 0.3) is 0 Å². The second-order valence-corrected chi connectivity index (χ2v) is 3.71. The minimum Gasteiger partial charge on any atom is -0.481 e. The monoisotopic (exact) mass is 227 g/mol. The van der Waals surface area contributed by atoms with Crippen LogP contribution in [0.1, 0.15) is 18.1 Å². The molecule has 5 heteroatoms.